The van der Waals surface area contributed by atoms with E-state index in [4.69, 9.17) is 0 Å². The topological polar surface area (TPSA) is 71.0 Å². The molecule has 0 radical (unpaired) electrons. The van der Waals surface area contributed by atoms with Crippen molar-refractivity contribution in [1.82, 2.24) is 20.4 Å². The van der Waals surface area contributed by atoms with Crippen LogP contribution in [0.5, 0.6) is 0 Å². The van der Waals surface area contributed by atoms with E-state index in [0.717, 1.165) is 38.4 Å². The molecular weight excluding hydrogens is 254 g/mol. The van der Waals surface area contributed by atoms with Crippen LogP contribution in [-0.2, 0) is 11.3 Å². The van der Waals surface area contributed by atoms with E-state index < -0.39 is 0 Å². The molecule has 0 fully saturated rings. The fourth-order valence-corrected chi connectivity index (χ4v) is 2.28. The van der Waals surface area contributed by atoms with Crippen molar-refractivity contribution in [3.05, 3.63) is 12.3 Å². The number of anilines is 1. The van der Waals surface area contributed by atoms with Crippen molar-refractivity contribution in [3.63, 3.8) is 0 Å². The molecule has 6 nitrogen and oxygen atoms in total. The van der Waals surface area contributed by atoms with Crippen molar-refractivity contribution in [3.8, 4) is 0 Å². The van der Waals surface area contributed by atoms with Crippen LogP contribution in [-0.4, -0.2) is 41.4 Å². The van der Waals surface area contributed by atoms with E-state index >= 15 is 0 Å². The first-order chi connectivity index (χ1) is 9.69. The molecule has 1 aromatic rings. The predicted molar refractivity (Wildman–Crippen MR) is 79.6 cm³/mol. The van der Waals surface area contributed by atoms with Crippen LogP contribution in [0.15, 0.2) is 12.3 Å². The van der Waals surface area contributed by atoms with E-state index in [2.05, 4.69) is 28.0 Å². The standard InChI is InChI=1S/C14H25N5O/c1-3-11(2)18-14(20)5-6-15-8-12-9-16-13-4-7-17-19(13)10-12/h4,7,11-12,15-16H,3,5-6,8-10H2,1-2H3,(H,18,20). The minimum atomic E-state index is 0.128. The molecule has 2 rings (SSSR count). The van der Waals surface area contributed by atoms with Gasteiger partial charge in [0.15, 0.2) is 0 Å². The maximum Gasteiger partial charge on any atom is 0.221 e. The van der Waals surface area contributed by atoms with Gasteiger partial charge in [0.05, 0.1) is 6.20 Å². The number of nitrogens with zero attached hydrogens (tertiary/aromatic N) is 2. The molecule has 0 saturated carbocycles. The molecule has 1 amide bonds. The van der Waals surface area contributed by atoms with Gasteiger partial charge < -0.3 is 16.0 Å². The van der Waals surface area contributed by atoms with Gasteiger partial charge in [0.2, 0.25) is 5.91 Å². The fourth-order valence-electron chi connectivity index (χ4n) is 2.28. The maximum absolute atomic E-state index is 11.6. The molecule has 6 heteroatoms. The average molecular weight is 279 g/mol. The zero-order valence-electron chi connectivity index (χ0n) is 12.4. The molecule has 0 aromatic carbocycles. The summed E-state index contributed by atoms with van der Waals surface area (Å²) in [7, 11) is 0. The van der Waals surface area contributed by atoms with Crippen LogP contribution >= 0.6 is 0 Å². The fraction of sp³-hybridized carbons (Fsp3) is 0.714. The van der Waals surface area contributed by atoms with E-state index in [9.17, 15) is 4.79 Å². The molecule has 3 N–H and O–H groups in total. The summed E-state index contributed by atoms with van der Waals surface area (Å²) >= 11 is 0. The van der Waals surface area contributed by atoms with Gasteiger partial charge in [-0.15, -0.1) is 0 Å². The van der Waals surface area contributed by atoms with Crippen LogP contribution in [0.25, 0.3) is 0 Å². The Labute approximate surface area is 120 Å². The quantitative estimate of drug-likeness (QED) is 0.646. The summed E-state index contributed by atoms with van der Waals surface area (Å²) in [5.41, 5.74) is 0. The second-order valence-corrected chi connectivity index (χ2v) is 5.48. The number of carbonyl (C=O) groups is 1. The van der Waals surface area contributed by atoms with Crippen molar-refractivity contribution in [2.45, 2.75) is 39.3 Å². The number of hydrogen-bond donors (Lipinski definition) is 3. The molecule has 20 heavy (non-hydrogen) atoms. The van der Waals surface area contributed by atoms with Crippen LogP contribution < -0.4 is 16.0 Å². The van der Waals surface area contributed by atoms with Crippen molar-refractivity contribution in [2.24, 2.45) is 5.92 Å². The Kier molecular flexibility index (Phi) is 5.40. The summed E-state index contributed by atoms with van der Waals surface area (Å²) in [6, 6.07) is 2.26. The third-order valence-corrected chi connectivity index (χ3v) is 3.70. The highest BCUT2D eigenvalue weighted by Crippen LogP contribution is 2.15. The number of fused-ring (bicyclic) bond motifs is 1. The molecule has 1 aliphatic rings. The van der Waals surface area contributed by atoms with Gasteiger partial charge in [-0.25, -0.2) is 4.68 Å². The molecule has 2 heterocycles. The van der Waals surface area contributed by atoms with Crippen LogP contribution in [0, 0.1) is 5.92 Å². The van der Waals surface area contributed by atoms with Crippen molar-refractivity contribution < 1.29 is 4.79 Å². The largest absolute Gasteiger partial charge is 0.370 e. The molecule has 2 atom stereocenters. The smallest absolute Gasteiger partial charge is 0.221 e. The molecule has 0 bridgehead atoms. The number of rotatable bonds is 7. The Hall–Kier alpha value is -1.56. The highest BCUT2D eigenvalue weighted by molar-refractivity contribution is 5.76. The van der Waals surface area contributed by atoms with Gasteiger partial charge in [-0.2, -0.15) is 5.10 Å². The highest BCUT2D eigenvalue weighted by Gasteiger charge is 2.17. The average Bonchev–Trinajstić information content (AvgIpc) is 2.91. The number of aromatic nitrogens is 2. The monoisotopic (exact) mass is 279 g/mol. The third-order valence-electron chi connectivity index (χ3n) is 3.70. The Bertz CT molecular complexity index is 431. The van der Waals surface area contributed by atoms with E-state index in [-0.39, 0.29) is 11.9 Å². The molecule has 0 aliphatic carbocycles. The Balaban J connectivity index is 1.59. The Morgan fingerprint density at radius 2 is 2.50 bits per heavy atom. The lowest BCUT2D eigenvalue weighted by Gasteiger charge is -2.25. The summed E-state index contributed by atoms with van der Waals surface area (Å²) in [5, 5.41) is 14.0. The predicted octanol–water partition coefficient (Wildman–Crippen LogP) is 0.819. The van der Waals surface area contributed by atoms with Crippen LogP contribution in [0.2, 0.25) is 0 Å². The summed E-state index contributed by atoms with van der Waals surface area (Å²) in [5.74, 6) is 1.73. The molecule has 1 aromatic heterocycles. The van der Waals surface area contributed by atoms with Crippen LogP contribution in [0.1, 0.15) is 26.7 Å². The molecule has 0 spiro atoms. The molecule has 112 valence electrons. The first-order valence-electron chi connectivity index (χ1n) is 7.44. The SMILES string of the molecule is CCC(C)NC(=O)CCNCC1CNc2ccnn2C1. The second kappa shape index (κ2) is 7.28. The Morgan fingerprint density at radius 1 is 1.65 bits per heavy atom. The third kappa shape index (κ3) is 4.23. The zero-order chi connectivity index (χ0) is 14.4. The molecular formula is C14H25N5O. The summed E-state index contributed by atoms with van der Waals surface area (Å²) in [6.45, 7) is 7.62. The van der Waals surface area contributed by atoms with Crippen molar-refractivity contribution in [2.75, 3.05) is 25.0 Å². The highest BCUT2D eigenvalue weighted by atomic mass is 16.1. The lowest BCUT2D eigenvalue weighted by Crippen LogP contribution is -2.37. The number of nitrogens with one attached hydrogen (secondary N) is 3. The summed E-state index contributed by atoms with van der Waals surface area (Å²) in [4.78, 5) is 11.6. The minimum absolute atomic E-state index is 0.128. The molecule has 0 saturated heterocycles. The lowest BCUT2D eigenvalue weighted by molar-refractivity contribution is -0.121. The van der Waals surface area contributed by atoms with Crippen molar-refractivity contribution >= 4 is 11.7 Å². The summed E-state index contributed by atoms with van der Waals surface area (Å²) in [6.07, 6.45) is 3.33. The van der Waals surface area contributed by atoms with Gasteiger partial charge >= 0.3 is 0 Å². The summed E-state index contributed by atoms with van der Waals surface area (Å²) < 4.78 is 1.99. The van der Waals surface area contributed by atoms with Gasteiger partial charge in [-0.05, 0) is 13.3 Å². The maximum atomic E-state index is 11.6. The van der Waals surface area contributed by atoms with Crippen LogP contribution in [0.3, 0.4) is 0 Å². The number of carbonyl (C=O) groups excluding carboxylic acids is 1. The lowest BCUT2D eigenvalue weighted by atomic mass is 10.1. The van der Waals surface area contributed by atoms with E-state index in [1.165, 1.54) is 0 Å². The van der Waals surface area contributed by atoms with Gasteiger partial charge in [0, 0.05) is 50.6 Å². The van der Waals surface area contributed by atoms with Gasteiger partial charge in [0.25, 0.3) is 0 Å². The van der Waals surface area contributed by atoms with E-state index in [1.54, 1.807) is 0 Å². The normalized spacial score (nSPS) is 19.0. The molecule has 2 unspecified atom stereocenters. The molecule has 1 aliphatic heterocycles. The Morgan fingerprint density at radius 3 is 3.30 bits per heavy atom. The van der Waals surface area contributed by atoms with Gasteiger partial charge in [-0.3, -0.25) is 4.79 Å². The van der Waals surface area contributed by atoms with Gasteiger partial charge in [-0.1, -0.05) is 6.92 Å². The van der Waals surface area contributed by atoms with E-state index in [0.29, 0.717) is 12.3 Å². The minimum Gasteiger partial charge on any atom is -0.370 e. The number of hydrogen-bond acceptors (Lipinski definition) is 4. The van der Waals surface area contributed by atoms with Crippen LogP contribution in [0.4, 0.5) is 5.82 Å². The number of amides is 1. The first-order valence-corrected chi connectivity index (χ1v) is 7.44. The first kappa shape index (κ1) is 14.8. The van der Waals surface area contributed by atoms with Crippen molar-refractivity contribution in [1.29, 1.82) is 0 Å². The second-order valence-electron chi connectivity index (χ2n) is 5.48. The zero-order valence-corrected chi connectivity index (χ0v) is 12.4. The van der Waals surface area contributed by atoms with E-state index in [1.807, 2.05) is 23.9 Å². The van der Waals surface area contributed by atoms with Gasteiger partial charge in [0.1, 0.15) is 5.82 Å².